The van der Waals surface area contributed by atoms with Crippen LogP contribution >= 0.6 is 0 Å². The molecule has 0 spiro atoms. The van der Waals surface area contributed by atoms with E-state index in [9.17, 15) is 0 Å². The monoisotopic (exact) mass is 231 g/mol. The number of nitrogens with zero attached hydrogens (tertiary/aromatic N) is 2. The van der Waals surface area contributed by atoms with Gasteiger partial charge in [-0.2, -0.15) is 5.26 Å². The van der Waals surface area contributed by atoms with Crippen molar-refractivity contribution in [3.8, 4) is 6.07 Å². The van der Waals surface area contributed by atoms with Crippen molar-refractivity contribution in [1.29, 1.82) is 5.26 Å². The molecular formula is C13H17N3O. The average molecular weight is 231 g/mol. The molecule has 1 aromatic carbocycles. The van der Waals surface area contributed by atoms with Crippen LogP contribution in [0.2, 0.25) is 0 Å². The van der Waals surface area contributed by atoms with Crippen molar-refractivity contribution >= 4 is 5.69 Å². The molecule has 4 nitrogen and oxygen atoms in total. The van der Waals surface area contributed by atoms with Gasteiger partial charge in [-0.3, -0.25) is 4.90 Å². The van der Waals surface area contributed by atoms with Crippen LogP contribution in [0.15, 0.2) is 12.1 Å². The van der Waals surface area contributed by atoms with E-state index in [1.807, 2.05) is 12.1 Å². The fourth-order valence-electron chi connectivity index (χ4n) is 2.25. The van der Waals surface area contributed by atoms with Gasteiger partial charge in [-0.05, 0) is 23.6 Å². The highest BCUT2D eigenvalue weighted by Crippen LogP contribution is 2.29. The van der Waals surface area contributed by atoms with Gasteiger partial charge in [0, 0.05) is 33.4 Å². The second-order valence-electron chi connectivity index (χ2n) is 4.33. The molecule has 0 amide bonds. The Labute approximate surface area is 102 Å². The Morgan fingerprint density at radius 3 is 3.00 bits per heavy atom. The van der Waals surface area contributed by atoms with Crippen molar-refractivity contribution in [1.82, 2.24) is 4.90 Å². The van der Waals surface area contributed by atoms with Crippen LogP contribution in [-0.4, -0.2) is 25.2 Å². The summed E-state index contributed by atoms with van der Waals surface area (Å²) in [7, 11) is 1.72. The summed E-state index contributed by atoms with van der Waals surface area (Å²) in [6.07, 6.45) is 1.02. The van der Waals surface area contributed by atoms with Gasteiger partial charge in [-0.1, -0.05) is 6.07 Å². The van der Waals surface area contributed by atoms with Crippen LogP contribution in [0.4, 0.5) is 5.69 Å². The van der Waals surface area contributed by atoms with Gasteiger partial charge >= 0.3 is 0 Å². The highest BCUT2D eigenvalue weighted by atomic mass is 16.5. The number of nitrogen functional groups attached to an aromatic ring is 1. The lowest BCUT2D eigenvalue weighted by molar-refractivity contribution is 0.172. The molecule has 0 saturated heterocycles. The maximum absolute atomic E-state index is 8.93. The summed E-state index contributed by atoms with van der Waals surface area (Å²) in [6.45, 7) is 3.56. The Morgan fingerprint density at radius 2 is 2.29 bits per heavy atom. The minimum Gasteiger partial charge on any atom is -0.397 e. The minimum atomic E-state index is 0.586. The molecule has 0 saturated carbocycles. The Hall–Kier alpha value is -1.57. The van der Waals surface area contributed by atoms with E-state index in [4.69, 9.17) is 15.7 Å². The Bertz CT molecular complexity index is 451. The number of ether oxygens (including phenoxy) is 1. The molecule has 1 aliphatic heterocycles. The maximum Gasteiger partial charge on any atom is 0.101 e. The van der Waals surface area contributed by atoms with E-state index in [1.165, 1.54) is 5.56 Å². The molecule has 0 atom stereocenters. The van der Waals surface area contributed by atoms with E-state index in [-0.39, 0.29) is 0 Å². The first kappa shape index (κ1) is 11.9. The number of hydrogen-bond donors (Lipinski definition) is 1. The smallest absolute Gasteiger partial charge is 0.101 e. The van der Waals surface area contributed by atoms with Crippen molar-refractivity contribution in [2.24, 2.45) is 0 Å². The summed E-state index contributed by atoms with van der Waals surface area (Å²) >= 11 is 0. The summed E-state index contributed by atoms with van der Waals surface area (Å²) in [5, 5.41) is 8.93. The standard InChI is InChI=1S/C13H17N3O/c1-17-6-2-5-16-8-11-4-3-10(7-14)13(15)12(11)9-16/h3-4H,2,5-6,8-9,15H2,1H3. The van der Waals surface area contributed by atoms with Crippen molar-refractivity contribution in [2.45, 2.75) is 19.5 Å². The third-order valence-corrected chi connectivity index (χ3v) is 3.17. The van der Waals surface area contributed by atoms with E-state index in [0.29, 0.717) is 11.3 Å². The fraction of sp³-hybridized carbons (Fsp3) is 0.462. The zero-order chi connectivity index (χ0) is 12.3. The van der Waals surface area contributed by atoms with Crippen molar-refractivity contribution in [2.75, 3.05) is 26.0 Å². The average Bonchev–Trinajstić information content (AvgIpc) is 2.74. The Kier molecular flexibility index (Phi) is 3.62. The van der Waals surface area contributed by atoms with Crippen molar-refractivity contribution in [3.63, 3.8) is 0 Å². The molecule has 17 heavy (non-hydrogen) atoms. The highest BCUT2D eigenvalue weighted by Gasteiger charge is 2.21. The third kappa shape index (κ3) is 2.41. The number of fused-ring (bicyclic) bond motifs is 1. The molecule has 4 heteroatoms. The molecule has 1 aliphatic rings. The van der Waals surface area contributed by atoms with Gasteiger partial charge in [0.1, 0.15) is 6.07 Å². The minimum absolute atomic E-state index is 0.586. The lowest BCUT2D eigenvalue weighted by atomic mass is 10.0. The third-order valence-electron chi connectivity index (χ3n) is 3.17. The number of hydrogen-bond acceptors (Lipinski definition) is 4. The number of nitrogens with two attached hydrogens (primary N) is 1. The molecule has 2 rings (SSSR count). The second kappa shape index (κ2) is 5.17. The molecule has 0 unspecified atom stereocenters. The first-order valence-electron chi connectivity index (χ1n) is 5.78. The van der Waals surface area contributed by atoms with Gasteiger partial charge in [-0.15, -0.1) is 0 Å². The van der Waals surface area contributed by atoms with E-state index < -0.39 is 0 Å². The van der Waals surface area contributed by atoms with Gasteiger partial charge in [0.05, 0.1) is 11.3 Å². The first-order chi connectivity index (χ1) is 8.26. The van der Waals surface area contributed by atoms with Crippen molar-refractivity contribution < 1.29 is 4.74 Å². The van der Waals surface area contributed by atoms with Crippen LogP contribution in [-0.2, 0) is 17.8 Å². The fourth-order valence-corrected chi connectivity index (χ4v) is 2.25. The van der Waals surface area contributed by atoms with Crippen LogP contribution in [0.3, 0.4) is 0 Å². The van der Waals surface area contributed by atoms with Crippen LogP contribution < -0.4 is 5.73 Å². The summed E-state index contributed by atoms with van der Waals surface area (Å²) < 4.78 is 5.04. The van der Waals surface area contributed by atoms with Gasteiger partial charge < -0.3 is 10.5 Å². The molecule has 1 aromatic rings. The molecule has 0 aliphatic carbocycles. The second-order valence-corrected chi connectivity index (χ2v) is 4.33. The quantitative estimate of drug-likeness (QED) is 0.630. The van der Waals surface area contributed by atoms with E-state index >= 15 is 0 Å². The van der Waals surface area contributed by atoms with Crippen LogP contribution in [0.25, 0.3) is 0 Å². The number of benzene rings is 1. The number of anilines is 1. The topological polar surface area (TPSA) is 62.3 Å². The molecule has 0 radical (unpaired) electrons. The molecule has 90 valence electrons. The molecular weight excluding hydrogens is 214 g/mol. The van der Waals surface area contributed by atoms with Crippen LogP contribution in [0.5, 0.6) is 0 Å². The Morgan fingerprint density at radius 1 is 1.47 bits per heavy atom. The van der Waals surface area contributed by atoms with Crippen LogP contribution in [0, 0.1) is 11.3 Å². The van der Waals surface area contributed by atoms with Crippen LogP contribution in [0.1, 0.15) is 23.1 Å². The molecule has 1 heterocycles. The van der Waals surface area contributed by atoms with Gasteiger partial charge in [0.2, 0.25) is 0 Å². The molecule has 0 bridgehead atoms. The highest BCUT2D eigenvalue weighted by molar-refractivity contribution is 5.62. The SMILES string of the molecule is COCCCN1Cc2ccc(C#N)c(N)c2C1. The summed E-state index contributed by atoms with van der Waals surface area (Å²) in [4.78, 5) is 2.33. The largest absolute Gasteiger partial charge is 0.397 e. The zero-order valence-electron chi connectivity index (χ0n) is 10.1. The normalized spacial score (nSPS) is 14.6. The van der Waals surface area contributed by atoms with Gasteiger partial charge in [-0.25, -0.2) is 0 Å². The Balaban J connectivity index is 2.07. The molecule has 0 aromatic heterocycles. The zero-order valence-corrected chi connectivity index (χ0v) is 10.1. The number of nitriles is 1. The predicted octanol–water partition coefficient (Wildman–Crippen LogP) is 1.49. The predicted molar refractivity (Wildman–Crippen MR) is 66.2 cm³/mol. The lowest BCUT2D eigenvalue weighted by Gasteiger charge is -2.13. The van der Waals surface area contributed by atoms with E-state index in [1.54, 1.807) is 7.11 Å². The maximum atomic E-state index is 8.93. The van der Waals surface area contributed by atoms with E-state index in [2.05, 4.69) is 11.0 Å². The van der Waals surface area contributed by atoms with Gasteiger partial charge in [0.15, 0.2) is 0 Å². The number of methoxy groups -OCH3 is 1. The summed E-state index contributed by atoms with van der Waals surface area (Å²) in [5.41, 5.74) is 9.60. The summed E-state index contributed by atoms with van der Waals surface area (Å²) in [6, 6.07) is 5.96. The lowest BCUT2D eigenvalue weighted by Crippen LogP contribution is -2.18. The first-order valence-corrected chi connectivity index (χ1v) is 5.78. The molecule has 0 fully saturated rings. The van der Waals surface area contributed by atoms with E-state index in [0.717, 1.165) is 38.2 Å². The summed E-state index contributed by atoms with van der Waals surface area (Å²) in [5.74, 6) is 0. The number of rotatable bonds is 4. The van der Waals surface area contributed by atoms with Crippen molar-refractivity contribution in [3.05, 3.63) is 28.8 Å². The molecule has 2 N–H and O–H groups in total. The van der Waals surface area contributed by atoms with Gasteiger partial charge in [0.25, 0.3) is 0 Å².